The Labute approximate surface area is 275 Å². The summed E-state index contributed by atoms with van der Waals surface area (Å²) in [6.07, 6.45) is 18.0. The minimum atomic E-state index is -1.54. The van der Waals surface area contributed by atoms with Gasteiger partial charge in [0.25, 0.3) is 0 Å². The van der Waals surface area contributed by atoms with Crippen LogP contribution >= 0.6 is 11.8 Å². The third-order valence-electron chi connectivity index (χ3n) is 8.14. The van der Waals surface area contributed by atoms with Gasteiger partial charge in [-0.2, -0.15) is 0 Å². The highest BCUT2D eigenvalue weighted by atomic mass is 32.2. The van der Waals surface area contributed by atoms with Crippen molar-refractivity contribution in [1.29, 1.82) is 0 Å². The fourth-order valence-electron chi connectivity index (χ4n) is 5.43. The zero-order valence-electron chi connectivity index (χ0n) is 27.3. The molecule has 1 aliphatic rings. The van der Waals surface area contributed by atoms with Crippen molar-refractivity contribution in [3.63, 3.8) is 0 Å². The molecule has 0 fully saturated rings. The van der Waals surface area contributed by atoms with Gasteiger partial charge in [0.15, 0.2) is 18.0 Å². The van der Waals surface area contributed by atoms with Crippen LogP contribution in [0.4, 0.5) is 0 Å². The Morgan fingerprint density at radius 3 is 1.64 bits per heavy atom. The molecule has 0 saturated heterocycles. The fraction of sp³-hybridized carbons (Fsp3) is 0.579. The molecule has 3 rings (SSSR count). The lowest BCUT2D eigenvalue weighted by Gasteiger charge is -2.19. The number of unbranched alkanes of at least 4 members (excludes halogenated alkanes) is 15. The first kappa shape index (κ1) is 36.7. The SMILES string of the molecule is CCCCCCCCCCCCCCCCCCSC(=O)[C@H](O)[C@H]1OC(=O)C(OCc2ccccc2)=C1OCc1ccccc1. The molecule has 0 unspecified atom stereocenters. The molecule has 0 aromatic heterocycles. The van der Waals surface area contributed by atoms with Crippen molar-refractivity contribution in [2.45, 2.75) is 135 Å². The number of aliphatic hydroxyl groups is 1. The summed E-state index contributed by atoms with van der Waals surface area (Å²) in [6, 6.07) is 18.9. The third kappa shape index (κ3) is 14.5. The molecule has 0 bridgehead atoms. The highest BCUT2D eigenvalue weighted by Crippen LogP contribution is 2.31. The number of hydrogen-bond acceptors (Lipinski definition) is 7. The molecule has 0 aliphatic carbocycles. The van der Waals surface area contributed by atoms with Gasteiger partial charge >= 0.3 is 5.97 Å². The Bertz CT molecular complexity index is 1120. The summed E-state index contributed by atoms with van der Waals surface area (Å²) >= 11 is 1.09. The number of aliphatic hydroxyl groups excluding tert-OH is 1. The number of thioether (sulfide) groups is 1. The molecule has 2 aromatic carbocycles. The predicted octanol–water partition coefficient (Wildman–Crippen LogP) is 9.44. The van der Waals surface area contributed by atoms with Crippen LogP contribution in [-0.4, -0.2) is 34.2 Å². The third-order valence-corrected chi connectivity index (χ3v) is 9.15. The van der Waals surface area contributed by atoms with Gasteiger partial charge in [0.05, 0.1) is 0 Å². The van der Waals surface area contributed by atoms with Crippen LogP contribution < -0.4 is 0 Å². The Balaban J connectivity index is 1.33. The van der Waals surface area contributed by atoms with Gasteiger partial charge in [-0.05, 0) is 17.5 Å². The lowest BCUT2D eigenvalue weighted by molar-refractivity contribution is -0.149. The summed E-state index contributed by atoms with van der Waals surface area (Å²) in [5.41, 5.74) is 1.75. The van der Waals surface area contributed by atoms with Crippen molar-refractivity contribution in [2.24, 2.45) is 0 Å². The van der Waals surface area contributed by atoms with Gasteiger partial charge < -0.3 is 19.3 Å². The average Bonchev–Trinajstić information content (AvgIpc) is 3.39. The Morgan fingerprint density at radius 2 is 1.16 bits per heavy atom. The van der Waals surface area contributed by atoms with Gasteiger partial charge in [-0.1, -0.05) is 176 Å². The fourth-order valence-corrected chi connectivity index (χ4v) is 6.28. The first-order chi connectivity index (χ1) is 22.1. The maximum atomic E-state index is 12.9. The standard InChI is InChI=1S/C38H54O6S/c1-2-3-4-5-6-7-8-9-10-11-12-13-14-15-16-23-28-45-38(41)33(39)34-35(42-29-31-24-19-17-20-25-31)36(37(40)44-34)43-30-32-26-21-18-22-27-32/h17-22,24-27,33-34,39H,2-16,23,28-30H2,1H3/t33-,34-/m1/s1. The summed E-state index contributed by atoms with van der Waals surface area (Å²) in [6.45, 7) is 2.55. The summed E-state index contributed by atoms with van der Waals surface area (Å²) < 4.78 is 17.2. The van der Waals surface area contributed by atoms with E-state index in [1.807, 2.05) is 60.7 Å². The molecular formula is C38H54O6S. The summed E-state index contributed by atoms with van der Waals surface area (Å²) in [4.78, 5) is 25.7. The van der Waals surface area contributed by atoms with E-state index in [1.54, 1.807) is 0 Å². The molecule has 0 amide bonds. The molecule has 1 aliphatic heterocycles. The van der Waals surface area contributed by atoms with Crippen LogP contribution in [0.5, 0.6) is 0 Å². The maximum absolute atomic E-state index is 12.9. The molecule has 6 nitrogen and oxygen atoms in total. The summed E-state index contributed by atoms with van der Waals surface area (Å²) in [7, 11) is 0. The van der Waals surface area contributed by atoms with Gasteiger partial charge in [0.2, 0.25) is 10.9 Å². The van der Waals surface area contributed by atoms with E-state index in [0.29, 0.717) is 5.75 Å². The van der Waals surface area contributed by atoms with E-state index >= 15 is 0 Å². The second kappa shape index (κ2) is 22.7. The number of cyclic esters (lactones) is 1. The quantitative estimate of drug-likeness (QED) is 0.0857. The van der Waals surface area contributed by atoms with Crippen molar-refractivity contribution >= 4 is 22.8 Å². The van der Waals surface area contributed by atoms with Crippen molar-refractivity contribution in [2.75, 3.05) is 5.75 Å². The molecule has 45 heavy (non-hydrogen) atoms. The zero-order chi connectivity index (χ0) is 32.0. The lowest BCUT2D eigenvalue weighted by Crippen LogP contribution is -2.35. The maximum Gasteiger partial charge on any atom is 0.378 e. The number of ether oxygens (including phenoxy) is 3. The van der Waals surface area contributed by atoms with Crippen LogP contribution in [0.2, 0.25) is 0 Å². The van der Waals surface area contributed by atoms with Gasteiger partial charge in [0.1, 0.15) is 13.2 Å². The van der Waals surface area contributed by atoms with Gasteiger partial charge in [-0.15, -0.1) is 0 Å². The molecule has 7 heteroatoms. The van der Waals surface area contributed by atoms with Crippen molar-refractivity contribution < 1.29 is 28.9 Å². The van der Waals surface area contributed by atoms with Crippen molar-refractivity contribution in [3.05, 3.63) is 83.3 Å². The number of carbonyl (C=O) groups excluding carboxylic acids is 2. The van der Waals surface area contributed by atoms with Gasteiger partial charge in [-0.25, -0.2) is 4.79 Å². The van der Waals surface area contributed by atoms with Crippen LogP contribution in [0, 0.1) is 0 Å². The summed E-state index contributed by atoms with van der Waals surface area (Å²) in [5, 5.41) is 10.5. The van der Waals surface area contributed by atoms with E-state index in [0.717, 1.165) is 42.2 Å². The number of carbonyl (C=O) groups is 2. The van der Waals surface area contributed by atoms with Crippen LogP contribution in [0.1, 0.15) is 121 Å². The van der Waals surface area contributed by atoms with Crippen LogP contribution in [0.15, 0.2) is 72.2 Å². The Morgan fingerprint density at radius 1 is 0.711 bits per heavy atom. The molecular weight excluding hydrogens is 584 g/mol. The molecule has 2 atom stereocenters. The largest absolute Gasteiger partial charge is 0.485 e. The first-order valence-corrected chi connectivity index (χ1v) is 18.2. The monoisotopic (exact) mass is 638 g/mol. The molecule has 248 valence electrons. The number of benzene rings is 2. The lowest BCUT2D eigenvalue weighted by atomic mass is 10.0. The predicted molar refractivity (Wildman–Crippen MR) is 182 cm³/mol. The highest BCUT2D eigenvalue weighted by molar-refractivity contribution is 8.13. The number of esters is 1. The minimum Gasteiger partial charge on any atom is -0.485 e. The normalized spacial score (nSPS) is 15.2. The van der Waals surface area contributed by atoms with E-state index in [2.05, 4.69) is 6.92 Å². The number of hydrogen-bond donors (Lipinski definition) is 1. The Kier molecular flexibility index (Phi) is 18.5. The van der Waals surface area contributed by atoms with Gasteiger partial charge in [0, 0.05) is 5.75 Å². The highest BCUT2D eigenvalue weighted by Gasteiger charge is 2.44. The van der Waals surface area contributed by atoms with E-state index in [4.69, 9.17) is 14.2 Å². The molecule has 0 spiro atoms. The molecule has 1 heterocycles. The molecule has 2 aromatic rings. The van der Waals surface area contributed by atoms with E-state index < -0.39 is 23.3 Å². The van der Waals surface area contributed by atoms with Gasteiger partial charge in [-0.3, -0.25) is 4.79 Å². The topological polar surface area (TPSA) is 82.1 Å². The second-order valence-corrected chi connectivity index (χ2v) is 13.1. The summed E-state index contributed by atoms with van der Waals surface area (Å²) in [5.74, 6) is -0.164. The zero-order valence-corrected chi connectivity index (χ0v) is 28.1. The van der Waals surface area contributed by atoms with Crippen LogP contribution in [0.3, 0.4) is 0 Å². The van der Waals surface area contributed by atoms with Crippen molar-refractivity contribution in [3.8, 4) is 0 Å². The second-order valence-electron chi connectivity index (χ2n) is 12.0. The molecule has 0 radical (unpaired) electrons. The Hall–Kier alpha value is -2.77. The molecule has 0 saturated carbocycles. The van der Waals surface area contributed by atoms with E-state index in [1.165, 1.54) is 83.5 Å². The van der Waals surface area contributed by atoms with E-state index in [9.17, 15) is 14.7 Å². The van der Waals surface area contributed by atoms with Crippen molar-refractivity contribution in [1.82, 2.24) is 0 Å². The number of rotatable bonds is 25. The molecule has 1 N–H and O–H groups in total. The first-order valence-electron chi connectivity index (χ1n) is 17.2. The minimum absolute atomic E-state index is 0.0589. The smallest absolute Gasteiger partial charge is 0.378 e. The van der Waals surface area contributed by atoms with E-state index in [-0.39, 0.29) is 24.7 Å². The van der Waals surface area contributed by atoms with Crippen LogP contribution in [-0.2, 0) is 37.0 Å². The average molecular weight is 639 g/mol. The van der Waals surface area contributed by atoms with Crippen LogP contribution in [0.25, 0.3) is 0 Å².